The maximum atomic E-state index is 12.2. The molecule has 6 heteroatoms. The van der Waals surface area contributed by atoms with Gasteiger partial charge in [-0.2, -0.15) is 0 Å². The number of benzene rings is 1. The van der Waals surface area contributed by atoms with Gasteiger partial charge < -0.3 is 16.2 Å². The van der Waals surface area contributed by atoms with Crippen LogP contribution in [0.3, 0.4) is 0 Å². The molecule has 0 aliphatic heterocycles. The van der Waals surface area contributed by atoms with E-state index in [4.69, 9.17) is 5.73 Å². The van der Waals surface area contributed by atoms with Gasteiger partial charge in [-0.1, -0.05) is 30.3 Å². The van der Waals surface area contributed by atoms with Gasteiger partial charge in [0.15, 0.2) is 6.04 Å². The predicted octanol–water partition coefficient (Wildman–Crippen LogP) is 1.10. The van der Waals surface area contributed by atoms with Crippen LogP contribution >= 0.6 is 0 Å². The Morgan fingerprint density at radius 1 is 1.24 bits per heavy atom. The highest BCUT2D eigenvalue weighted by atomic mass is 16.4. The fourth-order valence-corrected chi connectivity index (χ4v) is 1.88. The van der Waals surface area contributed by atoms with Crippen molar-refractivity contribution < 1.29 is 14.7 Å². The van der Waals surface area contributed by atoms with Crippen LogP contribution in [-0.4, -0.2) is 22.0 Å². The highest BCUT2D eigenvalue weighted by molar-refractivity contribution is 5.96. The summed E-state index contributed by atoms with van der Waals surface area (Å²) in [6.45, 7) is 0.210. The van der Waals surface area contributed by atoms with Crippen molar-refractivity contribution in [1.82, 2.24) is 10.3 Å². The summed E-state index contributed by atoms with van der Waals surface area (Å²) in [7, 11) is 0. The Labute approximate surface area is 121 Å². The number of nitrogens with two attached hydrogens (primary N) is 1. The van der Waals surface area contributed by atoms with Gasteiger partial charge in [-0.25, -0.2) is 4.79 Å². The number of carbonyl (C=O) groups excluding carboxylic acids is 1. The molecule has 1 heterocycles. The second-order valence-corrected chi connectivity index (χ2v) is 4.40. The van der Waals surface area contributed by atoms with Crippen molar-refractivity contribution in [2.75, 3.05) is 0 Å². The van der Waals surface area contributed by atoms with E-state index in [0.717, 1.165) is 0 Å². The third-order valence-electron chi connectivity index (χ3n) is 2.94. The number of aliphatic carboxylic acids is 1. The third kappa shape index (κ3) is 3.64. The molecule has 4 N–H and O–H groups in total. The Kier molecular flexibility index (Phi) is 4.63. The van der Waals surface area contributed by atoms with Gasteiger partial charge in [0.2, 0.25) is 0 Å². The lowest BCUT2D eigenvalue weighted by molar-refractivity contribution is -0.139. The molecule has 2 rings (SSSR count). The Bertz CT molecular complexity index is 644. The van der Waals surface area contributed by atoms with E-state index in [0.29, 0.717) is 16.8 Å². The van der Waals surface area contributed by atoms with Crippen LogP contribution in [0.4, 0.5) is 0 Å². The van der Waals surface area contributed by atoms with Gasteiger partial charge in [-0.15, -0.1) is 0 Å². The van der Waals surface area contributed by atoms with E-state index >= 15 is 0 Å². The molecule has 2 aromatic rings. The highest BCUT2D eigenvalue weighted by Gasteiger charge is 2.22. The molecule has 1 aromatic carbocycles. The maximum absolute atomic E-state index is 12.2. The van der Waals surface area contributed by atoms with E-state index in [1.165, 1.54) is 12.3 Å². The zero-order valence-corrected chi connectivity index (χ0v) is 11.2. The van der Waals surface area contributed by atoms with Crippen molar-refractivity contribution in [2.45, 2.75) is 12.6 Å². The second-order valence-electron chi connectivity index (χ2n) is 4.40. The zero-order valence-electron chi connectivity index (χ0n) is 11.2. The molecule has 6 nitrogen and oxygen atoms in total. The molecule has 21 heavy (non-hydrogen) atoms. The van der Waals surface area contributed by atoms with Crippen molar-refractivity contribution in [3.05, 3.63) is 65.5 Å². The molecule has 0 fully saturated rings. The first-order chi connectivity index (χ1) is 10.1. The molecule has 0 aliphatic rings. The normalized spacial score (nSPS) is 11.7. The summed E-state index contributed by atoms with van der Waals surface area (Å²) in [4.78, 5) is 27.5. The van der Waals surface area contributed by atoms with Crippen LogP contribution in [0.1, 0.15) is 27.7 Å². The summed E-state index contributed by atoms with van der Waals surface area (Å²) >= 11 is 0. The first-order valence-corrected chi connectivity index (χ1v) is 6.35. The van der Waals surface area contributed by atoms with Crippen molar-refractivity contribution in [2.24, 2.45) is 5.73 Å². The molecule has 0 spiro atoms. The van der Waals surface area contributed by atoms with Crippen molar-refractivity contribution in [3.8, 4) is 0 Å². The topological polar surface area (TPSA) is 105 Å². The quantitative estimate of drug-likeness (QED) is 0.762. The minimum Gasteiger partial charge on any atom is -0.479 e. The first kappa shape index (κ1) is 14.7. The van der Waals surface area contributed by atoms with Gasteiger partial charge in [0.25, 0.3) is 5.91 Å². The van der Waals surface area contributed by atoms with E-state index in [1.807, 2.05) is 0 Å². The average molecular weight is 285 g/mol. The number of nitrogens with one attached hydrogen (secondary N) is 1. The first-order valence-electron chi connectivity index (χ1n) is 6.35. The predicted molar refractivity (Wildman–Crippen MR) is 76.4 cm³/mol. The highest BCUT2D eigenvalue weighted by Crippen LogP contribution is 2.14. The molecule has 108 valence electrons. The summed E-state index contributed by atoms with van der Waals surface area (Å²) < 4.78 is 0. The molecular weight excluding hydrogens is 270 g/mol. The fraction of sp³-hybridized carbons (Fsp3) is 0.133. The minimum absolute atomic E-state index is 0.210. The van der Waals surface area contributed by atoms with Crippen molar-refractivity contribution >= 4 is 11.9 Å². The van der Waals surface area contributed by atoms with Crippen LogP contribution in [-0.2, 0) is 11.3 Å². The number of nitrogens with zero attached hydrogens (tertiary/aromatic N) is 1. The van der Waals surface area contributed by atoms with Crippen LogP contribution in [0.2, 0.25) is 0 Å². The van der Waals surface area contributed by atoms with E-state index in [1.54, 1.807) is 36.4 Å². The van der Waals surface area contributed by atoms with Crippen LogP contribution in [0.5, 0.6) is 0 Å². The number of pyridine rings is 1. The number of hydrogen-bond donors (Lipinski definition) is 3. The summed E-state index contributed by atoms with van der Waals surface area (Å²) in [5.41, 5.74) is 6.87. The van der Waals surface area contributed by atoms with Crippen LogP contribution in [0, 0.1) is 0 Å². The van der Waals surface area contributed by atoms with Gasteiger partial charge in [0.05, 0.1) is 5.69 Å². The SMILES string of the molecule is NCc1cc(C(=O)NC(C(=O)O)c2ccccc2)ccn1. The van der Waals surface area contributed by atoms with Crippen LogP contribution in [0.25, 0.3) is 0 Å². The molecule has 1 unspecified atom stereocenters. The molecule has 1 atom stereocenters. The summed E-state index contributed by atoms with van der Waals surface area (Å²) in [6.07, 6.45) is 1.47. The number of carbonyl (C=O) groups is 2. The molecule has 0 saturated heterocycles. The lowest BCUT2D eigenvalue weighted by Crippen LogP contribution is -2.33. The number of carboxylic acids is 1. The Hall–Kier alpha value is -2.73. The Balaban J connectivity index is 2.21. The van der Waals surface area contributed by atoms with Crippen molar-refractivity contribution in [1.29, 1.82) is 0 Å². The molecule has 0 radical (unpaired) electrons. The van der Waals surface area contributed by atoms with Gasteiger partial charge in [0, 0.05) is 18.3 Å². The monoisotopic (exact) mass is 285 g/mol. The summed E-state index contributed by atoms with van der Waals surface area (Å²) in [5, 5.41) is 11.8. The molecule has 0 aliphatic carbocycles. The standard InChI is InChI=1S/C15H15N3O3/c16-9-12-8-11(6-7-17-12)14(19)18-13(15(20)21)10-4-2-1-3-5-10/h1-8,13H,9,16H2,(H,18,19)(H,20,21). The van der Waals surface area contributed by atoms with Gasteiger partial charge in [-0.3, -0.25) is 9.78 Å². The Morgan fingerprint density at radius 3 is 2.57 bits per heavy atom. The van der Waals surface area contributed by atoms with Crippen molar-refractivity contribution in [3.63, 3.8) is 0 Å². The minimum atomic E-state index is -1.12. The van der Waals surface area contributed by atoms with E-state index < -0.39 is 17.9 Å². The zero-order chi connectivity index (χ0) is 15.2. The molecule has 0 saturated carbocycles. The molecule has 1 aromatic heterocycles. The summed E-state index contributed by atoms with van der Waals surface area (Å²) in [6, 6.07) is 10.5. The number of carboxylic acid groups (broad SMARTS) is 1. The average Bonchev–Trinajstić information content (AvgIpc) is 2.53. The number of rotatable bonds is 5. The number of hydrogen-bond acceptors (Lipinski definition) is 4. The van der Waals surface area contributed by atoms with E-state index in [2.05, 4.69) is 10.3 Å². The molecule has 1 amide bonds. The van der Waals surface area contributed by atoms with E-state index in [9.17, 15) is 14.7 Å². The van der Waals surface area contributed by atoms with Gasteiger partial charge in [0.1, 0.15) is 0 Å². The van der Waals surface area contributed by atoms with Crippen LogP contribution < -0.4 is 11.1 Å². The van der Waals surface area contributed by atoms with Crippen LogP contribution in [0.15, 0.2) is 48.7 Å². The number of aromatic nitrogens is 1. The second kappa shape index (κ2) is 6.62. The number of amides is 1. The largest absolute Gasteiger partial charge is 0.479 e. The Morgan fingerprint density at radius 2 is 1.95 bits per heavy atom. The smallest absolute Gasteiger partial charge is 0.330 e. The molecular formula is C15H15N3O3. The molecule has 0 bridgehead atoms. The van der Waals surface area contributed by atoms with E-state index in [-0.39, 0.29) is 6.54 Å². The van der Waals surface area contributed by atoms with Gasteiger partial charge in [-0.05, 0) is 17.7 Å². The lowest BCUT2D eigenvalue weighted by atomic mass is 10.1. The fourth-order valence-electron chi connectivity index (χ4n) is 1.88. The summed E-state index contributed by atoms with van der Waals surface area (Å²) in [5.74, 6) is -1.61. The third-order valence-corrected chi connectivity index (χ3v) is 2.94. The lowest BCUT2D eigenvalue weighted by Gasteiger charge is -2.15. The van der Waals surface area contributed by atoms with Gasteiger partial charge >= 0.3 is 5.97 Å². The maximum Gasteiger partial charge on any atom is 0.330 e.